The molecule has 0 bridgehead atoms. The van der Waals surface area contributed by atoms with Crippen LogP contribution < -0.4 is 15.5 Å². The first-order valence-electron chi connectivity index (χ1n) is 8.07. The molecule has 0 spiro atoms. The van der Waals surface area contributed by atoms with Crippen molar-refractivity contribution in [2.45, 2.75) is 18.9 Å². The fourth-order valence-corrected chi connectivity index (χ4v) is 2.65. The van der Waals surface area contributed by atoms with E-state index < -0.39 is 0 Å². The summed E-state index contributed by atoms with van der Waals surface area (Å²) in [5.74, 6) is 0.910. The van der Waals surface area contributed by atoms with Gasteiger partial charge in [0.15, 0.2) is 5.96 Å². The monoisotopic (exact) mass is 317 g/mol. The zero-order valence-corrected chi connectivity index (χ0v) is 14.2. The van der Waals surface area contributed by atoms with Crippen LogP contribution in [0.4, 0.5) is 5.69 Å². The summed E-state index contributed by atoms with van der Waals surface area (Å²) in [6, 6.07) is 9.88. The molecule has 1 fully saturated rings. The van der Waals surface area contributed by atoms with Crippen molar-refractivity contribution in [2.75, 3.05) is 45.7 Å². The van der Waals surface area contributed by atoms with E-state index in [2.05, 4.69) is 34.6 Å². The van der Waals surface area contributed by atoms with E-state index in [-0.39, 0.29) is 11.9 Å². The van der Waals surface area contributed by atoms with Gasteiger partial charge in [-0.25, -0.2) is 0 Å². The molecular formula is C17H27N5O. The van der Waals surface area contributed by atoms with Crippen LogP contribution in [0.2, 0.25) is 0 Å². The van der Waals surface area contributed by atoms with Crippen LogP contribution in [0.25, 0.3) is 0 Å². The highest BCUT2D eigenvalue weighted by molar-refractivity contribution is 5.97. The van der Waals surface area contributed by atoms with Gasteiger partial charge < -0.3 is 20.4 Å². The lowest BCUT2D eigenvalue weighted by Gasteiger charge is -2.19. The third kappa shape index (κ3) is 5.25. The Hall–Kier alpha value is -2.08. The Balaban J connectivity index is 1.82. The van der Waals surface area contributed by atoms with Crippen LogP contribution in [0.3, 0.4) is 0 Å². The van der Waals surface area contributed by atoms with Gasteiger partial charge in [-0.05, 0) is 39.2 Å². The Morgan fingerprint density at radius 3 is 2.74 bits per heavy atom. The van der Waals surface area contributed by atoms with Crippen molar-refractivity contribution >= 4 is 17.6 Å². The minimum Gasteiger partial charge on any atom is -0.356 e. The van der Waals surface area contributed by atoms with Gasteiger partial charge in [0, 0.05) is 32.2 Å². The quantitative estimate of drug-likeness (QED) is 0.465. The van der Waals surface area contributed by atoms with Crippen molar-refractivity contribution in [3.63, 3.8) is 0 Å². The predicted octanol–water partition coefficient (Wildman–Crippen LogP) is 0.909. The van der Waals surface area contributed by atoms with Gasteiger partial charge in [0.1, 0.15) is 0 Å². The van der Waals surface area contributed by atoms with Crippen LogP contribution in [0.1, 0.15) is 12.8 Å². The molecule has 1 atom stereocenters. The Kier molecular flexibility index (Phi) is 6.40. The Labute approximate surface area is 138 Å². The number of rotatable bonds is 6. The minimum absolute atomic E-state index is 0.0859. The molecule has 0 radical (unpaired) electrons. The zero-order valence-electron chi connectivity index (χ0n) is 14.2. The van der Waals surface area contributed by atoms with Gasteiger partial charge in [-0.2, -0.15) is 0 Å². The number of anilines is 1. The van der Waals surface area contributed by atoms with E-state index >= 15 is 0 Å². The summed E-state index contributed by atoms with van der Waals surface area (Å²) in [6.45, 7) is 2.57. The molecule has 1 aliphatic rings. The van der Waals surface area contributed by atoms with E-state index in [1.165, 1.54) is 0 Å². The second-order valence-corrected chi connectivity index (χ2v) is 6.04. The van der Waals surface area contributed by atoms with Crippen molar-refractivity contribution in [2.24, 2.45) is 4.99 Å². The number of hydrogen-bond acceptors (Lipinski definition) is 3. The van der Waals surface area contributed by atoms with Gasteiger partial charge in [-0.1, -0.05) is 18.2 Å². The molecule has 1 amide bonds. The summed E-state index contributed by atoms with van der Waals surface area (Å²) >= 11 is 0. The molecule has 6 heteroatoms. The molecule has 1 unspecified atom stereocenters. The molecule has 2 N–H and O–H groups in total. The van der Waals surface area contributed by atoms with Crippen molar-refractivity contribution < 1.29 is 4.79 Å². The lowest BCUT2D eigenvalue weighted by molar-refractivity contribution is -0.117. The molecule has 1 saturated heterocycles. The highest BCUT2D eigenvalue weighted by atomic mass is 16.2. The maximum Gasteiger partial charge on any atom is 0.229 e. The number of para-hydroxylation sites is 1. The smallest absolute Gasteiger partial charge is 0.229 e. The molecule has 1 aromatic carbocycles. The van der Waals surface area contributed by atoms with Crippen molar-refractivity contribution in [3.8, 4) is 0 Å². The van der Waals surface area contributed by atoms with E-state index in [4.69, 9.17) is 0 Å². The van der Waals surface area contributed by atoms with Gasteiger partial charge in [0.25, 0.3) is 0 Å². The maximum atomic E-state index is 12.2. The van der Waals surface area contributed by atoms with Gasteiger partial charge in [-0.15, -0.1) is 0 Å². The largest absolute Gasteiger partial charge is 0.356 e. The van der Waals surface area contributed by atoms with Crippen LogP contribution in [0.5, 0.6) is 0 Å². The summed E-state index contributed by atoms with van der Waals surface area (Å²) < 4.78 is 0. The lowest BCUT2D eigenvalue weighted by Crippen LogP contribution is -2.45. The van der Waals surface area contributed by atoms with E-state index in [1.807, 2.05) is 35.2 Å². The molecule has 0 aliphatic carbocycles. The van der Waals surface area contributed by atoms with Gasteiger partial charge >= 0.3 is 0 Å². The van der Waals surface area contributed by atoms with Crippen LogP contribution in [0.15, 0.2) is 35.3 Å². The fraction of sp³-hybridized carbons (Fsp3) is 0.529. The second kappa shape index (κ2) is 8.53. The first kappa shape index (κ1) is 17.3. The number of carbonyl (C=O) groups excluding carboxylic acids is 1. The molecule has 6 nitrogen and oxygen atoms in total. The van der Waals surface area contributed by atoms with Gasteiger partial charge in [-0.3, -0.25) is 9.79 Å². The number of amides is 1. The highest BCUT2D eigenvalue weighted by Crippen LogP contribution is 2.20. The third-order valence-electron chi connectivity index (χ3n) is 3.83. The number of benzene rings is 1. The van der Waals surface area contributed by atoms with E-state index in [0.717, 1.165) is 31.2 Å². The summed E-state index contributed by atoms with van der Waals surface area (Å²) in [6.07, 6.45) is 1.54. The summed E-state index contributed by atoms with van der Waals surface area (Å²) in [5, 5.41) is 6.65. The lowest BCUT2D eigenvalue weighted by atomic mass is 10.2. The summed E-state index contributed by atoms with van der Waals surface area (Å²) in [7, 11) is 5.89. The zero-order chi connectivity index (χ0) is 16.7. The van der Waals surface area contributed by atoms with Crippen molar-refractivity contribution in [1.29, 1.82) is 0 Å². The number of nitrogens with one attached hydrogen (secondary N) is 2. The van der Waals surface area contributed by atoms with Crippen LogP contribution in [-0.4, -0.2) is 63.6 Å². The van der Waals surface area contributed by atoms with Crippen LogP contribution in [0, 0.1) is 0 Å². The SMILES string of the molecule is CN=C(NCCCN(C)C)NC1CC(=O)N(c2ccccc2)C1. The van der Waals surface area contributed by atoms with E-state index in [1.54, 1.807) is 7.05 Å². The Bertz CT molecular complexity index is 529. The number of aliphatic imine (C=N–C) groups is 1. The molecular weight excluding hydrogens is 290 g/mol. The predicted molar refractivity (Wildman–Crippen MR) is 94.9 cm³/mol. The first-order chi connectivity index (χ1) is 11.1. The molecule has 1 heterocycles. The second-order valence-electron chi connectivity index (χ2n) is 6.04. The van der Waals surface area contributed by atoms with Gasteiger partial charge in [0.2, 0.25) is 5.91 Å². The van der Waals surface area contributed by atoms with Crippen molar-refractivity contribution in [3.05, 3.63) is 30.3 Å². The molecule has 2 rings (SSSR count). The molecule has 126 valence electrons. The van der Waals surface area contributed by atoms with Crippen LogP contribution in [-0.2, 0) is 4.79 Å². The number of carbonyl (C=O) groups is 1. The molecule has 0 aromatic heterocycles. The Morgan fingerprint density at radius 2 is 2.09 bits per heavy atom. The average molecular weight is 317 g/mol. The molecule has 1 aliphatic heterocycles. The van der Waals surface area contributed by atoms with Crippen LogP contribution >= 0.6 is 0 Å². The summed E-state index contributed by atoms with van der Waals surface area (Å²) in [4.78, 5) is 20.4. The fourth-order valence-electron chi connectivity index (χ4n) is 2.65. The minimum atomic E-state index is 0.0859. The topological polar surface area (TPSA) is 60.0 Å². The normalized spacial score (nSPS) is 18.6. The maximum absolute atomic E-state index is 12.2. The Morgan fingerprint density at radius 1 is 1.35 bits per heavy atom. The first-order valence-corrected chi connectivity index (χ1v) is 8.07. The molecule has 23 heavy (non-hydrogen) atoms. The average Bonchev–Trinajstić information content (AvgIpc) is 2.91. The molecule has 0 saturated carbocycles. The standard InChI is InChI=1S/C17H27N5O/c1-18-17(19-10-7-11-21(2)3)20-14-12-16(23)22(13-14)15-8-5-4-6-9-15/h4-6,8-9,14H,7,10-13H2,1-3H3,(H2,18,19,20). The number of hydrogen-bond donors (Lipinski definition) is 2. The van der Waals surface area contributed by atoms with E-state index in [9.17, 15) is 4.79 Å². The third-order valence-corrected chi connectivity index (χ3v) is 3.83. The van der Waals surface area contributed by atoms with E-state index in [0.29, 0.717) is 13.0 Å². The van der Waals surface area contributed by atoms with Gasteiger partial charge in [0.05, 0.1) is 6.04 Å². The summed E-state index contributed by atoms with van der Waals surface area (Å²) in [5.41, 5.74) is 0.954. The number of nitrogens with zero attached hydrogens (tertiary/aromatic N) is 3. The highest BCUT2D eigenvalue weighted by Gasteiger charge is 2.30. The number of guanidine groups is 1. The van der Waals surface area contributed by atoms with Crippen molar-refractivity contribution in [1.82, 2.24) is 15.5 Å². The molecule has 1 aromatic rings.